The van der Waals surface area contributed by atoms with Crippen LogP contribution in [0.1, 0.15) is 23.6 Å². The van der Waals surface area contributed by atoms with Crippen LogP contribution >= 0.6 is 11.8 Å². The Morgan fingerprint density at radius 3 is 2.85 bits per heavy atom. The molecule has 4 heterocycles. The van der Waals surface area contributed by atoms with Crippen molar-refractivity contribution in [1.29, 1.82) is 0 Å². The van der Waals surface area contributed by atoms with Crippen LogP contribution in [-0.2, 0) is 4.79 Å². The van der Waals surface area contributed by atoms with Crippen LogP contribution in [0.25, 0.3) is 16.7 Å². The quantitative estimate of drug-likeness (QED) is 0.450. The lowest BCUT2D eigenvalue weighted by molar-refractivity contribution is -0.116. The second kappa shape index (κ2) is 7.91. The lowest BCUT2D eigenvalue weighted by atomic mass is 10.1. The number of carbonyl (C=O) groups is 1. The van der Waals surface area contributed by atoms with Crippen LogP contribution < -0.4 is 20.3 Å². The van der Waals surface area contributed by atoms with Gasteiger partial charge in [0.15, 0.2) is 22.3 Å². The summed E-state index contributed by atoms with van der Waals surface area (Å²) >= 11 is 1.48. The number of fused-ring (bicyclic) bond motifs is 3. The minimum Gasteiger partial charge on any atom is -0.454 e. The average molecular weight is 476 g/mol. The summed E-state index contributed by atoms with van der Waals surface area (Å²) in [5.74, 6) is 1.67. The van der Waals surface area contributed by atoms with Crippen molar-refractivity contribution in [3.05, 3.63) is 64.1 Å². The second-order valence-corrected chi connectivity index (χ2v) is 9.40. The van der Waals surface area contributed by atoms with E-state index in [9.17, 15) is 9.59 Å². The number of amides is 1. The highest BCUT2D eigenvalue weighted by molar-refractivity contribution is 7.99. The molecule has 34 heavy (non-hydrogen) atoms. The van der Waals surface area contributed by atoms with Crippen LogP contribution in [-0.4, -0.2) is 37.8 Å². The van der Waals surface area contributed by atoms with Crippen molar-refractivity contribution >= 4 is 34.4 Å². The first kappa shape index (κ1) is 20.8. The van der Waals surface area contributed by atoms with E-state index >= 15 is 0 Å². The fourth-order valence-electron chi connectivity index (χ4n) is 4.23. The molecule has 0 spiro atoms. The molecular formula is C24H21N5O4S. The van der Waals surface area contributed by atoms with E-state index in [0.29, 0.717) is 39.1 Å². The van der Waals surface area contributed by atoms with Gasteiger partial charge in [0.2, 0.25) is 12.7 Å². The molecule has 2 aromatic carbocycles. The summed E-state index contributed by atoms with van der Waals surface area (Å²) in [4.78, 5) is 30.9. The highest BCUT2D eigenvalue weighted by Crippen LogP contribution is 2.36. The second-order valence-electron chi connectivity index (χ2n) is 8.42. The third-order valence-corrected chi connectivity index (χ3v) is 7.28. The number of nitrogens with zero attached hydrogens (tertiary/aromatic N) is 4. The standard InChI is InChI=1S/C24H21N5O4S/c1-13-3-5-16(7-14(13)2)29-22-18(10-25-29)23(31)28-17(11-34-24(28)27-22)9-21(30)26-15-4-6-19-20(8-15)33-12-32-19/h3-8,10,17H,9,11-12H2,1-2H3,(H,26,30). The molecule has 1 N–H and O–H groups in total. The SMILES string of the molecule is Cc1ccc(-n2ncc3c(=O)n4c(nc32)SCC4CC(=O)Nc2ccc3c(c2)OCO3)cc1C. The number of benzene rings is 2. The molecule has 1 amide bonds. The Morgan fingerprint density at radius 2 is 2.00 bits per heavy atom. The van der Waals surface area contributed by atoms with Crippen LogP contribution in [0.15, 0.2) is 52.5 Å². The number of nitrogens with one attached hydrogen (secondary N) is 1. The average Bonchev–Trinajstić information content (AvgIpc) is 3.54. The Balaban J connectivity index is 1.27. The van der Waals surface area contributed by atoms with Crippen molar-refractivity contribution in [3.63, 3.8) is 0 Å². The van der Waals surface area contributed by atoms with E-state index < -0.39 is 0 Å². The number of hydrogen-bond acceptors (Lipinski definition) is 7. The summed E-state index contributed by atoms with van der Waals surface area (Å²) in [7, 11) is 0. The predicted molar refractivity (Wildman–Crippen MR) is 128 cm³/mol. The Hall–Kier alpha value is -3.79. The largest absolute Gasteiger partial charge is 0.454 e. The van der Waals surface area contributed by atoms with Crippen molar-refractivity contribution in [3.8, 4) is 17.2 Å². The van der Waals surface area contributed by atoms with Crippen molar-refractivity contribution < 1.29 is 14.3 Å². The van der Waals surface area contributed by atoms with Crippen LogP contribution in [0, 0.1) is 13.8 Å². The Kier molecular flexibility index (Phi) is 4.84. The van der Waals surface area contributed by atoms with Gasteiger partial charge in [0.25, 0.3) is 5.56 Å². The first-order chi connectivity index (χ1) is 16.5. The van der Waals surface area contributed by atoms with Crippen molar-refractivity contribution in [2.75, 3.05) is 17.9 Å². The molecule has 9 nitrogen and oxygen atoms in total. The molecule has 0 radical (unpaired) electrons. The maximum absolute atomic E-state index is 13.4. The van der Waals surface area contributed by atoms with Gasteiger partial charge >= 0.3 is 0 Å². The van der Waals surface area contributed by atoms with E-state index in [1.807, 2.05) is 25.1 Å². The zero-order valence-corrected chi connectivity index (χ0v) is 19.4. The molecular weight excluding hydrogens is 454 g/mol. The first-order valence-corrected chi connectivity index (χ1v) is 11.9. The molecule has 6 rings (SSSR count). The van der Waals surface area contributed by atoms with Crippen molar-refractivity contribution in [2.24, 2.45) is 0 Å². The Labute approximate surface area is 198 Å². The fourth-order valence-corrected chi connectivity index (χ4v) is 5.36. The van der Waals surface area contributed by atoms with Crippen molar-refractivity contribution in [1.82, 2.24) is 19.3 Å². The Morgan fingerprint density at radius 1 is 1.15 bits per heavy atom. The number of anilines is 1. The molecule has 0 saturated heterocycles. The van der Waals surface area contributed by atoms with Gasteiger partial charge in [-0.2, -0.15) is 5.10 Å². The van der Waals surface area contributed by atoms with Crippen LogP contribution in [0.2, 0.25) is 0 Å². The van der Waals surface area contributed by atoms with Gasteiger partial charge in [-0.05, 0) is 49.2 Å². The summed E-state index contributed by atoms with van der Waals surface area (Å²) in [6, 6.07) is 11.0. The van der Waals surface area contributed by atoms with Crippen LogP contribution in [0.5, 0.6) is 11.5 Å². The lowest BCUT2D eigenvalue weighted by Crippen LogP contribution is -2.27. The zero-order chi connectivity index (χ0) is 23.4. The lowest BCUT2D eigenvalue weighted by Gasteiger charge is -2.14. The summed E-state index contributed by atoms with van der Waals surface area (Å²) < 4.78 is 14.0. The molecule has 0 saturated carbocycles. The molecule has 2 aliphatic rings. The number of rotatable bonds is 4. The molecule has 4 aromatic rings. The molecule has 2 aromatic heterocycles. The molecule has 0 aliphatic carbocycles. The van der Waals surface area contributed by atoms with Crippen LogP contribution in [0.3, 0.4) is 0 Å². The van der Waals surface area contributed by atoms with E-state index in [-0.39, 0.29) is 30.7 Å². The van der Waals surface area contributed by atoms with E-state index in [0.717, 1.165) is 11.3 Å². The molecule has 2 aliphatic heterocycles. The summed E-state index contributed by atoms with van der Waals surface area (Å²) in [6.45, 7) is 4.27. The number of ether oxygens (including phenoxy) is 2. The fraction of sp³-hybridized carbons (Fsp3) is 0.250. The van der Waals surface area contributed by atoms with Crippen LogP contribution in [0.4, 0.5) is 5.69 Å². The minimum atomic E-state index is -0.289. The number of aryl methyl sites for hydroxylation is 2. The molecule has 1 unspecified atom stereocenters. The van der Waals surface area contributed by atoms with Gasteiger partial charge < -0.3 is 14.8 Å². The summed E-state index contributed by atoms with van der Waals surface area (Å²) in [5.41, 5.74) is 4.15. The summed E-state index contributed by atoms with van der Waals surface area (Å²) in [6.07, 6.45) is 1.71. The number of aromatic nitrogens is 4. The number of hydrogen-bond donors (Lipinski definition) is 1. The molecule has 0 bridgehead atoms. The minimum absolute atomic E-state index is 0.160. The summed E-state index contributed by atoms with van der Waals surface area (Å²) in [5, 5.41) is 8.36. The maximum atomic E-state index is 13.4. The molecule has 0 fully saturated rings. The highest BCUT2D eigenvalue weighted by atomic mass is 32.2. The van der Waals surface area contributed by atoms with E-state index in [1.54, 1.807) is 33.6 Å². The zero-order valence-electron chi connectivity index (χ0n) is 18.6. The first-order valence-electron chi connectivity index (χ1n) is 10.9. The Bertz CT molecular complexity index is 1530. The number of carbonyl (C=O) groups excluding carboxylic acids is 1. The third-order valence-electron chi connectivity index (χ3n) is 6.18. The predicted octanol–water partition coefficient (Wildman–Crippen LogP) is 3.60. The van der Waals surface area contributed by atoms with Gasteiger partial charge in [-0.1, -0.05) is 17.8 Å². The van der Waals surface area contributed by atoms with Gasteiger partial charge in [-0.15, -0.1) is 0 Å². The highest BCUT2D eigenvalue weighted by Gasteiger charge is 2.30. The molecule has 10 heteroatoms. The normalized spacial score (nSPS) is 16.1. The molecule has 172 valence electrons. The van der Waals surface area contributed by atoms with E-state index in [2.05, 4.69) is 17.3 Å². The van der Waals surface area contributed by atoms with E-state index in [4.69, 9.17) is 14.5 Å². The van der Waals surface area contributed by atoms with Gasteiger partial charge in [0.05, 0.1) is 17.9 Å². The third kappa shape index (κ3) is 3.41. The van der Waals surface area contributed by atoms with Gasteiger partial charge in [0, 0.05) is 23.9 Å². The van der Waals surface area contributed by atoms with E-state index in [1.165, 1.54) is 17.3 Å². The van der Waals surface area contributed by atoms with Crippen molar-refractivity contribution in [2.45, 2.75) is 31.5 Å². The van der Waals surface area contributed by atoms with Gasteiger partial charge in [-0.25, -0.2) is 9.67 Å². The monoisotopic (exact) mass is 475 g/mol. The molecule has 1 atom stereocenters. The number of thioether (sulfide) groups is 1. The van der Waals surface area contributed by atoms with Gasteiger partial charge in [-0.3, -0.25) is 14.2 Å². The van der Waals surface area contributed by atoms with Gasteiger partial charge in [0.1, 0.15) is 5.39 Å². The smallest absolute Gasteiger partial charge is 0.265 e. The maximum Gasteiger partial charge on any atom is 0.265 e. The topological polar surface area (TPSA) is 100 Å².